The van der Waals surface area contributed by atoms with Gasteiger partial charge in [-0.3, -0.25) is 9.63 Å². The molecule has 0 aliphatic heterocycles. The number of rotatable bonds is 6. The van der Waals surface area contributed by atoms with Gasteiger partial charge in [-0.05, 0) is 26.1 Å². The van der Waals surface area contributed by atoms with Crippen LogP contribution in [-0.2, 0) is 21.9 Å². The summed E-state index contributed by atoms with van der Waals surface area (Å²) in [5.74, 6) is -0.635. The number of imidazole rings is 1. The highest BCUT2D eigenvalue weighted by Crippen LogP contribution is 2.27. The fourth-order valence-corrected chi connectivity index (χ4v) is 3.29. The van der Waals surface area contributed by atoms with Crippen LogP contribution in [0.4, 0.5) is 0 Å². The molecule has 142 valence electrons. The number of hydroxylamine groups is 1. The molecule has 0 saturated carbocycles. The Hall–Kier alpha value is -2.89. The molecule has 0 spiro atoms. The van der Waals surface area contributed by atoms with Crippen molar-refractivity contribution in [3.8, 4) is 11.5 Å². The summed E-state index contributed by atoms with van der Waals surface area (Å²) in [7, 11) is -0.862. The smallest absolute Gasteiger partial charge is 0.312 e. The van der Waals surface area contributed by atoms with Gasteiger partial charge in [-0.25, -0.2) is 33.6 Å². The Morgan fingerprint density at radius 3 is 2.67 bits per heavy atom. The Kier molecular flexibility index (Phi) is 5.17. The van der Waals surface area contributed by atoms with Gasteiger partial charge in [0.2, 0.25) is 15.8 Å². The zero-order valence-electron chi connectivity index (χ0n) is 14.9. The van der Waals surface area contributed by atoms with Crippen molar-refractivity contribution in [2.75, 3.05) is 13.7 Å². The predicted molar refractivity (Wildman–Crippen MR) is 97.1 cm³/mol. The summed E-state index contributed by atoms with van der Waals surface area (Å²) in [4.78, 5) is 29.3. The van der Waals surface area contributed by atoms with Crippen LogP contribution in [0.2, 0.25) is 0 Å². The number of aromatic nitrogens is 4. The second-order valence-electron chi connectivity index (χ2n) is 5.46. The van der Waals surface area contributed by atoms with Crippen LogP contribution in [0.3, 0.4) is 0 Å². The summed E-state index contributed by atoms with van der Waals surface area (Å²) in [6.45, 7) is 1.96. The van der Waals surface area contributed by atoms with Crippen molar-refractivity contribution in [3.63, 3.8) is 0 Å². The van der Waals surface area contributed by atoms with Gasteiger partial charge in [0.05, 0.1) is 23.8 Å². The summed E-state index contributed by atoms with van der Waals surface area (Å²) in [6.07, 6.45) is 1.08. The summed E-state index contributed by atoms with van der Waals surface area (Å²) in [6, 6.07) is 7.32. The average molecular weight is 390 g/mol. The van der Waals surface area contributed by atoms with Gasteiger partial charge in [-0.2, -0.15) is 0 Å². The fourth-order valence-electron chi connectivity index (χ4n) is 2.49. The maximum Gasteiger partial charge on any atom is 0.312 e. The molecule has 0 fully saturated rings. The standard InChI is InChI=1S/C16H18N6O4S/c1-4-26-21-16(23)14-18-9-12(27(24,25)17-2)13(20-14)15-19-10-7-5-6-8-11(10)22(15)3/h5-9,17H,4H2,1-3H3,(H,21,23). The molecule has 0 saturated heterocycles. The minimum Gasteiger partial charge on any atom is -0.326 e. The summed E-state index contributed by atoms with van der Waals surface area (Å²) in [5.41, 5.74) is 3.66. The monoisotopic (exact) mass is 390 g/mol. The Balaban J connectivity index is 2.23. The summed E-state index contributed by atoms with van der Waals surface area (Å²) >= 11 is 0. The van der Waals surface area contributed by atoms with Gasteiger partial charge < -0.3 is 4.57 Å². The summed E-state index contributed by atoms with van der Waals surface area (Å²) in [5, 5.41) is 0. The molecule has 0 bridgehead atoms. The molecule has 2 N–H and O–H groups in total. The van der Waals surface area contributed by atoms with E-state index in [1.54, 1.807) is 24.6 Å². The molecule has 0 unspecified atom stereocenters. The molecular formula is C16H18N6O4S. The first-order valence-electron chi connectivity index (χ1n) is 8.03. The van der Waals surface area contributed by atoms with Gasteiger partial charge >= 0.3 is 5.91 Å². The highest BCUT2D eigenvalue weighted by Gasteiger charge is 2.25. The van der Waals surface area contributed by atoms with Crippen LogP contribution >= 0.6 is 0 Å². The molecule has 27 heavy (non-hydrogen) atoms. The number of hydrogen-bond acceptors (Lipinski definition) is 7. The van der Waals surface area contributed by atoms with Crippen LogP contribution in [0.25, 0.3) is 22.6 Å². The van der Waals surface area contributed by atoms with Crippen molar-refractivity contribution in [1.29, 1.82) is 0 Å². The van der Waals surface area contributed by atoms with E-state index in [9.17, 15) is 13.2 Å². The largest absolute Gasteiger partial charge is 0.326 e. The molecule has 0 aliphatic carbocycles. The van der Waals surface area contributed by atoms with E-state index in [0.29, 0.717) is 5.52 Å². The Morgan fingerprint density at radius 2 is 2.00 bits per heavy atom. The first kappa shape index (κ1) is 18.9. The molecular weight excluding hydrogens is 372 g/mol. The molecule has 10 nitrogen and oxygen atoms in total. The first-order valence-corrected chi connectivity index (χ1v) is 9.52. The molecule has 0 aliphatic rings. The zero-order valence-corrected chi connectivity index (χ0v) is 15.7. The predicted octanol–water partition coefficient (Wildman–Crippen LogP) is 0.620. The highest BCUT2D eigenvalue weighted by atomic mass is 32.2. The van der Waals surface area contributed by atoms with Gasteiger partial charge in [0, 0.05) is 7.05 Å². The normalized spacial score (nSPS) is 11.7. The van der Waals surface area contributed by atoms with E-state index in [-0.39, 0.29) is 28.8 Å². The number of nitrogens with zero attached hydrogens (tertiary/aromatic N) is 4. The number of para-hydroxylation sites is 2. The lowest BCUT2D eigenvalue weighted by molar-refractivity contribution is 0.0355. The number of sulfonamides is 1. The minimum absolute atomic E-state index is 0.0136. The lowest BCUT2D eigenvalue weighted by atomic mass is 10.3. The second kappa shape index (κ2) is 7.39. The van der Waals surface area contributed by atoms with Crippen molar-refractivity contribution < 1.29 is 18.0 Å². The number of fused-ring (bicyclic) bond motifs is 1. The number of carbonyl (C=O) groups is 1. The van der Waals surface area contributed by atoms with E-state index < -0.39 is 15.9 Å². The molecule has 2 heterocycles. The summed E-state index contributed by atoms with van der Waals surface area (Å²) < 4.78 is 28.8. The molecule has 0 radical (unpaired) electrons. The van der Waals surface area contributed by atoms with Crippen molar-refractivity contribution >= 4 is 27.0 Å². The third kappa shape index (κ3) is 3.52. The van der Waals surface area contributed by atoms with Crippen LogP contribution in [0.1, 0.15) is 17.5 Å². The Labute approximate surface area is 155 Å². The van der Waals surface area contributed by atoms with Gasteiger partial charge in [0.1, 0.15) is 10.6 Å². The Bertz CT molecular complexity index is 1110. The Morgan fingerprint density at radius 1 is 1.26 bits per heavy atom. The molecule has 2 aromatic heterocycles. The lowest BCUT2D eigenvalue weighted by Crippen LogP contribution is -2.27. The van der Waals surface area contributed by atoms with E-state index in [0.717, 1.165) is 11.7 Å². The third-order valence-corrected chi connectivity index (χ3v) is 5.24. The van der Waals surface area contributed by atoms with E-state index in [1.807, 2.05) is 18.2 Å². The van der Waals surface area contributed by atoms with Gasteiger partial charge in [-0.1, -0.05) is 12.1 Å². The maximum absolute atomic E-state index is 12.4. The van der Waals surface area contributed by atoms with Crippen LogP contribution < -0.4 is 10.2 Å². The number of nitrogens with one attached hydrogen (secondary N) is 2. The van der Waals surface area contributed by atoms with Crippen molar-refractivity contribution in [2.45, 2.75) is 11.8 Å². The van der Waals surface area contributed by atoms with E-state index in [2.05, 4.69) is 25.2 Å². The lowest BCUT2D eigenvalue weighted by Gasteiger charge is -2.10. The van der Waals surface area contributed by atoms with Crippen LogP contribution in [-0.4, -0.2) is 47.5 Å². The molecule has 3 rings (SSSR count). The number of carbonyl (C=O) groups excluding carboxylic acids is 1. The van der Waals surface area contributed by atoms with E-state index in [4.69, 9.17) is 4.84 Å². The topological polar surface area (TPSA) is 128 Å². The average Bonchev–Trinajstić information content (AvgIpc) is 3.02. The minimum atomic E-state index is -3.88. The SMILES string of the molecule is CCONC(=O)c1ncc(S(=O)(=O)NC)c(-c2nc3ccccc3n2C)n1. The highest BCUT2D eigenvalue weighted by molar-refractivity contribution is 7.89. The van der Waals surface area contributed by atoms with Gasteiger partial charge in [0.15, 0.2) is 5.82 Å². The number of benzene rings is 1. The van der Waals surface area contributed by atoms with Crippen molar-refractivity contribution in [2.24, 2.45) is 7.05 Å². The van der Waals surface area contributed by atoms with Crippen LogP contribution in [0.15, 0.2) is 35.4 Å². The zero-order chi connectivity index (χ0) is 19.6. The number of hydrogen-bond donors (Lipinski definition) is 2. The van der Waals surface area contributed by atoms with Gasteiger partial charge in [-0.15, -0.1) is 0 Å². The van der Waals surface area contributed by atoms with Crippen molar-refractivity contribution in [3.05, 3.63) is 36.3 Å². The molecule has 3 aromatic rings. The van der Waals surface area contributed by atoms with Crippen molar-refractivity contribution in [1.82, 2.24) is 29.7 Å². The first-order chi connectivity index (χ1) is 12.9. The van der Waals surface area contributed by atoms with E-state index >= 15 is 0 Å². The third-order valence-electron chi connectivity index (χ3n) is 3.82. The van der Waals surface area contributed by atoms with Gasteiger partial charge in [0.25, 0.3) is 0 Å². The molecule has 11 heteroatoms. The fraction of sp³-hybridized carbons (Fsp3) is 0.250. The maximum atomic E-state index is 12.4. The number of amides is 1. The molecule has 1 amide bonds. The number of aryl methyl sites for hydroxylation is 1. The van der Waals surface area contributed by atoms with Crippen LogP contribution in [0.5, 0.6) is 0 Å². The quantitative estimate of drug-likeness (QED) is 0.590. The second-order valence-corrected chi connectivity index (χ2v) is 7.32. The molecule has 0 atom stereocenters. The molecule has 1 aromatic carbocycles. The van der Waals surface area contributed by atoms with E-state index in [1.165, 1.54) is 7.05 Å². The van der Waals surface area contributed by atoms with Crippen LogP contribution in [0, 0.1) is 0 Å².